The molecule has 1 aliphatic heterocycles. The van der Waals surface area contributed by atoms with Gasteiger partial charge in [-0.25, -0.2) is 4.79 Å². The number of nitrogens with zero attached hydrogens (tertiary/aromatic N) is 1. The molecule has 5 nitrogen and oxygen atoms in total. The number of benzene rings is 1. The summed E-state index contributed by atoms with van der Waals surface area (Å²) in [5, 5.41) is 10.8. The summed E-state index contributed by atoms with van der Waals surface area (Å²) in [7, 11) is 0. The molecule has 2 rings (SSSR count). The SMILES string of the molecule is O=C(O)Nc1ccc(C(=O)/C=C/CN2CCCC2)cc1. The predicted octanol–water partition coefficient (Wildman–Crippen LogP) is 2.61. The average molecular weight is 274 g/mol. The Bertz CT molecular complexity index is 502. The Morgan fingerprint density at radius 1 is 1.20 bits per heavy atom. The van der Waals surface area contributed by atoms with Crippen molar-refractivity contribution >= 4 is 17.6 Å². The average Bonchev–Trinajstić information content (AvgIpc) is 2.92. The fourth-order valence-electron chi connectivity index (χ4n) is 2.21. The molecule has 1 amide bonds. The van der Waals surface area contributed by atoms with Crippen LogP contribution in [0.3, 0.4) is 0 Å². The third-order valence-electron chi connectivity index (χ3n) is 3.25. The van der Waals surface area contributed by atoms with Crippen molar-refractivity contribution in [1.82, 2.24) is 4.90 Å². The van der Waals surface area contributed by atoms with E-state index in [2.05, 4.69) is 10.2 Å². The quantitative estimate of drug-likeness (QED) is 0.639. The molecule has 1 heterocycles. The Labute approximate surface area is 117 Å². The molecule has 2 N–H and O–H groups in total. The normalized spacial score (nSPS) is 15.6. The summed E-state index contributed by atoms with van der Waals surface area (Å²) < 4.78 is 0. The molecular weight excluding hydrogens is 256 g/mol. The molecular formula is C15H18N2O3. The third-order valence-corrected chi connectivity index (χ3v) is 3.25. The van der Waals surface area contributed by atoms with Crippen LogP contribution in [0.4, 0.5) is 10.5 Å². The lowest BCUT2D eigenvalue weighted by atomic mass is 10.1. The van der Waals surface area contributed by atoms with Crippen LogP contribution in [0, 0.1) is 0 Å². The maximum atomic E-state index is 11.9. The number of carboxylic acid groups (broad SMARTS) is 1. The van der Waals surface area contributed by atoms with Gasteiger partial charge >= 0.3 is 6.09 Å². The van der Waals surface area contributed by atoms with Crippen molar-refractivity contribution in [3.05, 3.63) is 42.0 Å². The summed E-state index contributed by atoms with van der Waals surface area (Å²) in [6.45, 7) is 3.02. The second-order valence-corrected chi connectivity index (χ2v) is 4.78. The maximum Gasteiger partial charge on any atom is 0.409 e. The maximum absolute atomic E-state index is 11.9. The number of amides is 1. The van der Waals surface area contributed by atoms with Gasteiger partial charge in [0.1, 0.15) is 0 Å². The van der Waals surface area contributed by atoms with Crippen LogP contribution in [0.2, 0.25) is 0 Å². The van der Waals surface area contributed by atoms with Gasteiger partial charge in [0.25, 0.3) is 0 Å². The number of ketones is 1. The minimum absolute atomic E-state index is 0.0638. The van der Waals surface area contributed by atoms with Crippen molar-refractivity contribution in [2.45, 2.75) is 12.8 Å². The first kappa shape index (κ1) is 14.3. The van der Waals surface area contributed by atoms with E-state index in [1.807, 2.05) is 6.08 Å². The number of likely N-dealkylation sites (tertiary alicyclic amines) is 1. The van der Waals surface area contributed by atoms with E-state index in [0.29, 0.717) is 11.3 Å². The fourth-order valence-corrected chi connectivity index (χ4v) is 2.21. The van der Waals surface area contributed by atoms with Crippen LogP contribution in [0.25, 0.3) is 0 Å². The first-order chi connectivity index (χ1) is 9.65. The second-order valence-electron chi connectivity index (χ2n) is 4.78. The molecule has 0 unspecified atom stereocenters. The van der Waals surface area contributed by atoms with Gasteiger partial charge in [0.05, 0.1) is 0 Å². The third kappa shape index (κ3) is 4.20. The van der Waals surface area contributed by atoms with E-state index in [1.165, 1.54) is 12.8 Å². The Balaban J connectivity index is 1.88. The van der Waals surface area contributed by atoms with E-state index in [-0.39, 0.29) is 5.78 Å². The van der Waals surface area contributed by atoms with Gasteiger partial charge in [0.15, 0.2) is 5.78 Å². The minimum atomic E-state index is -1.12. The van der Waals surface area contributed by atoms with Crippen LogP contribution in [-0.4, -0.2) is 41.5 Å². The van der Waals surface area contributed by atoms with Gasteiger partial charge in [-0.05, 0) is 56.3 Å². The molecule has 20 heavy (non-hydrogen) atoms. The second kappa shape index (κ2) is 6.86. The van der Waals surface area contributed by atoms with Gasteiger partial charge in [0.2, 0.25) is 0 Å². The van der Waals surface area contributed by atoms with E-state index in [1.54, 1.807) is 30.3 Å². The van der Waals surface area contributed by atoms with E-state index in [0.717, 1.165) is 19.6 Å². The largest absolute Gasteiger partial charge is 0.465 e. The highest BCUT2D eigenvalue weighted by Gasteiger charge is 2.09. The number of carbonyl (C=O) groups is 2. The van der Waals surface area contributed by atoms with Crippen molar-refractivity contribution in [2.75, 3.05) is 25.0 Å². The fraction of sp³-hybridized carbons (Fsp3) is 0.333. The van der Waals surface area contributed by atoms with Crippen LogP contribution in [-0.2, 0) is 0 Å². The summed E-state index contributed by atoms with van der Waals surface area (Å²) >= 11 is 0. The van der Waals surface area contributed by atoms with Gasteiger partial charge in [0, 0.05) is 17.8 Å². The van der Waals surface area contributed by atoms with Crippen molar-refractivity contribution in [2.24, 2.45) is 0 Å². The zero-order valence-corrected chi connectivity index (χ0v) is 11.2. The molecule has 1 aromatic carbocycles. The first-order valence-corrected chi connectivity index (χ1v) is 6.68. The molecule has 1 aliphatic rings. The van der Waals surface area contributed by atoms with Crippen LogP contribution >= 0.6 is 0 Å². The smallest absolute Gasteiger partial charge is 0.409 e. The molecule has 0 aliphatic carbocycles. The zero-order chi connectivity index (χ0) is 14.4. The van der Waals surface area contributed by atoms with Gasteiger partial charge in [-0.3, -0.25) is 15.0 Å². The summed E-state index contributed by atoms with van der Waals surface area (Å²) in [6.07, 6.45) is 4.82. The van der Waals surface area contributed by atoms with E-state index >= 15 is 0 Å². The topological polar surface area (TPSA) is 69.6 Å². The highest BCUT2D eigenvalue weighted by Crippen LogP contribution is 2.11. The molecule has 0 radical (unpaired) electrons. The molecule has 0 bridgehead atoms. The lowest BCUT2D eigenvalue weighted by molar-refractivity contribution is 0.104. The van der Waals surface area contributed by atoms with Crippen molar-refractivity contribution in [1.29, 1.82) is 0 Å². The molecule has 0 spiro atoms. The number of hydrogen-bond acceptors (Lipinski definition) is 3. The Kier molecular flexibility index (Phi) is 4.90. The predicted molar refractivity (Wildman–Crippen MR) is 77.2 cm³/mol. The summed E-state index contributed by atoms with van der Waals surface area (Å²) in [4.78, 5) is 24.7. The molecule has 0 atom stereocenters. The lowest BCUT2D eigenvalue weighted by Gasteiger charge is -2.10. The Morgan fingerprint density at radius 3 is 2.45 bits per heavy atom. The molecule has 1 saturated heterocycles. The molecule has 5 heteroatoms. The molecule has 0 aromatic heterocycles. The molecule has 0 saturated carbocycles. The standard InChI is InChI=1S/C15H18N2O3/c18-14(4-3-11-17-9-1-2-10-17)12-5-7-13(8-6-12)16-15(19)20/h3-8,16H,1-2,9-11H2,(H,19,20)/b4-3+. The summed E-state index contributed by atoms with van der Waals surface area (Å²) in [5.74, 6) is -0.0638. The van der Waals surface area contributed by atoms with Crippen molar-refractivity contribution in [3.63, 3.8) is 0 Å². The number of nitrogens with one attached hydrogen (secondary N) is 1. The van der Waals surface area contributed by atoms with Crippen LogP contribution in [0.1, 0.15) is 23.2 Å². The van der Waals surface area contributed by atoms with Crippen molar-refractivity contribution < 1.29 is 14.7 Å². The Morgan fingerprint density at radius 2 is 1.85 bits per heavy atom. The molecule has 1 aromatic rings. The van der Waals surface area contributed by atoms with E-state index < -0.39 is 6.09 Å². The highest BCUT2D eigenvalue weighted by molar-refractivity contribution is 6.04. The summed E-state index contributed by atoms with van der Waals surface area (Å²) in [5.41, 5.74) is 1.01. The summed E-state index contributed by atoms with van der Waals surface area (Å²) in [6, 6.07) is 6.40. The number of rotatable bonds is 5. The first-order valence-electron chi connectivity index (χ1n) is 6.68. The van der Waals surface area contributed by atoms with Crippen molar-refractivity contribution in [3.8, 4) is 0 Å². The molecule has 1 fully saturated rings. The number of carbonyl (C=O) groups excluding carboxylic acids is 1. The van der Waals surface area contributed by atoms with E-state index in [4.69, 9.17) is 5.11 Å². The minimum Gasteiger partial charge on any atom is -0.465 e. The van der Waals surface area contributed by atoms with Gasteiger partial charge in [-0.2, -0.15) is 0 Å². The zero-order valence-electron chi connectivity index (χ0n) is 11.2. The van der Waals surface area contributed by atoms with Crippen LogP contribution in [0.5, 0.6) is 0 Å². The number of hydrogen-bond donors (Lipinski definition) is 2. The van der Waals surface area contributed by atoms with E-state index in [9.17, 15) is 9.59 Å². The van der Waals surface area contributed by atoms with Crippen LogP contribution < -0.4 is 5.32 Å². The highest BCUT2D eigenvalue weighted by atomic mass is 16.4. The van der Waals surface area contributed by atoms with Gasteiger partial charge < -0.3 is 5.11 Å². The monoisotopic (exact) mass is 274 g/mol. The molecule has 106 valence electrons. The lowest BCUT2D eigenvalue weighted by Crippen LogP contribution is -2.18. The Hall–Kier alpha value is -2.14. The van der Waals surface area contributed by atoms with Gasteiger partial charge in [-0.15, -0.1) is 0 Å². The van der Waals surface area contributed by atoms with Gasteiger partial charge in [-0.1, -0.05) is 6.08 Å². The van der Waals surface area contributed by atoms with Crippen LogP contribution in [0.15, 0.2) is 36.4 Å². The number of allylic oxidation sites excluding steroid dienone is 1. The number of anilines is 1.